The highest BCUT2D eigenvalue weighted by Crippen LogP contribution is 2.24. The van der Waals surface area contributed by atoms with Gasteiger partial charge in [0.25, 0.3) is 0 Å². The van der Waals surface area contributed by atoms with Crippen LogP contribution >= 0.6 is 0 Å². The molecule has 0 amide bonds. The maximum atomic E-state index is 12.5. The van der Waals surface area contributed by atoms with Gasteiger partial charge in [0.1, 0.15) is 5.82 Å². The van der Waals surface area contributed by atoms with Gasteiger partial charge in [-0.1, -0.05) is 12.1 Å². The van der Waals surface area contributed by atoms with E-state index >= 15 is 0 Å². The van der Waals surface area contributed by atoms with Crippen LogP contribution in [0, 0.1) is 11.3 Å². The molecule has 9 nitrogen and oxygen atoms in total. The van der Waals surface area contributed by atoms with Gasteiger partial charge < -0.3 is 14.2 Å². The number of nitrogens with one attached hydrogen (secondary N) is 1. The Morgan fingerprint density at radius 2 is 1.94 bits per heavy atom. The smallest absolute Gasteiger partial charge is 0.307 e. The molecule has 0 spiro atoms. The van der Waals surface area contributed by atoms with Gasteiger partial charge >= 0.3 is 5.97 Å². The number of hydrogen-bond donors (Lipinski definition) is 1. The number of imidazole rings is 1. The number of fused-ring (bicyclic) bond motifs is 1. The summed E-state index contributed by atoms with van der Waals surface area (Å²) in [6.45, 7) is 3.16. The fourth-order valence-corrected chi connectivity index (χ4v) is 4.84. The van der Waals surface area contributed by atoms with Crippen LogP contribution in [-0.4, -0.2) is 61.8 Å². The summed E-state index contributed by atoms with van der Waals surface area (Å²) in [5.74, 6) is 0.474. The maximum absolute atomic E-state index is 12.5. The van der Waals surface area contributed by atoms with Gasteiger partial charge in [-0.25, -0.2) is 13.4 Å². The van der Waals surface area contributed by atoms with Gasteiger partial charge in [0.05, 0.1) is 47.1 Å². The Bertz CT molecular complexity index is 1310. The van der Waals surface area contributed by atoms with Gasteiger partial charge in [-0.15, -0.1) is 0 Å². The number of esters is 1. The minimum absolute atomic E-state index is 0.0289. The van der Waals surface area contributed by atoms with Gasteiger partial charge in [0.15, 0.2) is 0 Å². The van der Waals surface area contributed by atoms with E-state index in [9.17, 15) is 13.2 Å². The first kappa shape index (κ1) is 26.2. The van der Waals surface area contributed by atoms with E-state index in [0.717, 1.165) is 16.9 Å². The van der Waals surface area contributed by atoms with E-state index in [4.69, 9.17) is 15.0 Å². The summed E-state index contributed by atoms with van der Waals surface area (Å²) in [6, 6.07) is 14.6. The minimum Gasteiger partial charge on any atom is -0.466 e. The largest absolute Gasteiger partial charge is 0.466 e. The molecule has 0 fully saturated rings. The van der Waals surface area contributed by atoms with Gasteiger partial charge in [0, 0.05) is 13.0 Å². The molecule has 1 N–H and O–H groups in total. The molecule has 0 radical (unpaired) electrons. The van der Waals surface area contributed by atoms with Crippen LogP contribution in [0.3, 0.4) is 0 Å². The van der Waals surface area contributed by atoms with Crippen LogP contribution in [0.1, 0.15) is 36.7 Å². The van der Waals surface area contributed by atoms with Crippen molar-refractivity contribution in [2.75, 3.05) is 37.7 Å². The van der Waals surface area contributed by atoms with Crippen molar-refractivity contribution < 1.29 is 17.9 Å². The van der Waals surface area contributed by atoms with E-state index in [-0.39, 0.29) is 18.1 Å². The summed E-state index contributed by atoms with van der Waals surface area (Å²) >= 11 is 0. The van der Waals surface area contributed by atoms with E-state index in [1.54, 1.807) is 31.2 Å². The zero-order chi connectivity index (χ0) is 25.4. The molecule has 3 aromatic rings. The normalized spacial score (nSPS) is 11.5. The lowest BCUT2D eigenvalue weighted by molar-refractivity contribution is -0.143. The van der Waals surface area contributed by atoms with Crippen molar-refractivity contribution in [3.8, 4) is 6.07 Å². The first-order valence-corrected chi connectivity index (χ1v) is 13.1. The molecule has 10 heteroatoms. The lowest BCUT2D eigenvalue weighted by Crippen LogP contribution is -2.21. The molecule has 0 aliphatic heterocycles. The van der Waals surface area contributed by atoms with Gasteiger partial charge in [-0.05, 0) is 69.9 Å². The van der Waals surface area contributed by atoms with Crippen LogP contribution in [0.15, 0.2) is 42.5 Å². The second-order valence-electron chi connectivity index (χ2n) is 8.50. The molecule has 1 heterocycles. The van der Waals surface area contributed by atoms with Crippen LogP contribution in [0.25, 0.3) is 11.0 Å². The van der Waals surface area contributed by atoms with Gasteiger partial charge in [-0.3, -0.25) is 9.52 Å². The molecular formula is C25H31N5O4S. The van der Waals surface area contributed by atoms with E-state index in [1.807, 2.05) is 41.8 Å². The summed E-state index contributed by atoms with van der Waals surface area (Å²) in [6.07, 6.45) is 1.22. The fourth-order valence-electron chi connectivity index (χ4n) is 3.74. The highest BCUT2D eigenvalue weighted by molar-refractivity contribution is 7.92. The lowest BCUT2D eigenvalue weighted by Gasteiger charge is -2.11. The van der Waals surface area contributed by atoms with Gasteiger partial charge in [-0.2, -0.15) is 5.26 Å². The molecule has 0 saturated heterocycles. The second-order valence-corrected chi connectivity index (χ2v) is 10.3. The summed E-state index contributed by atoms with van der Waals surface area (Å²) in [5, 5.41) is 9.04. The third kappa shape index (κ3) is 7.53. The minimum atomic E-state index is -3.48. The van der Waals surface area contributed by atoms with E-state index in [2.05, 4.69) is 10.8 Å². The van der Waals surface area contributed by atoms with Crippen LogP contribution in [-0.2, 0) is 32.5 Å². The zero-order valence-electron chi connectivity index (χ0n) is 20.3. The molecule has 1 aromatic heterocycles. The average Bonchev–Trinajstić information content (AvgIpc) is 3.13. The zero-order valence-corrected chi connectivity index (χ0v) is 21.1. The number of benzene rings is 2. The SMILES string of the molecule is CCOC(=O)CCn1c(Cc2ccc(C#N)cc2)nc2cc(NS(=O)(=O)CCCN(C)C)ccc21. The number of sulfonamides is 1. The fraction of sp³-hybridized carbons (Fsp3) is 0.400. The van der Waals surface area contributed by atoms with Crippen molar-refractivity contribution in [1.29, 1.82) is 5.26 Å². The first-order valence-electron chi connectivity index (χ1n) is 11.5. The molecular weight excluding hydrogens is 466 g/mol. The lowest BCUT2D eigenvalue weighted by atomic mass is 10.1. The predicted octanol–water partition coefficient (Wildman–Crippen LogP) is 3.15. The van der Waals surface area contributed by atoms with Crippen molar-refractivity contribution in [3.05, 3.63) is 59.4 Å². The number of carbonyl (C=O) groups is 1. The molecule has 3 rings (SSSR count). The third-order valence-corrected chi connectivity index (χ3v) is 6.78. The van der Waals surface area contributed by atoms with Crippen molar-refractivity contribution in [2.45, 2.75) is 32.7 Å². The van der Waals surface area contributed by atoms with E-state index < -0.39 is 10.0 Å². The number of carbonyl (C=O) groups excluding carboxylic acids is 1. The Kier molecular flexibility index (Phi) is 8.84. The summed E-state index contributed by atoms with van der Waals surface area (Å²) in [5.41, 5.74) is 3.42. The topological polar surface area (TPSA) is 117 Å². The molecule has 186 valence electrons. The molecule has 2 aromatic carbocycles. The molecule has 0 aliphatic rings. The molecule has 35 heavy (non-hydrogen) atoms. The van der Waals surface area contributed by atoms with E-state index in [1.165, 1.54) is 0 Å². The molecule has 0 bridgehead atoms. The Labute approximate surface area is 206 Å². The van der Waals surface area contributed by atoms with Crippen LogP contribution < -0.4 is 4.72 Å². The molecule has 0 aliphatic carbocycles. The third-order valence-electron chi connectivity index (χ3n) is 5.41. The van der Waals surface area contributed by atoms with Crippen molar-refractivity contribution in [3.63, 3.8) is 0 Å². The monoisotopic (exact) mass is 497 g/mol. The quantitative estimate of drug-likeness (QED) is 0.382. The molecule has 0 saturated carbocycles. The van der Waals surface area contributed by atoms with Crippen molar-refractivity contribution in [2.24, 2.45) is 0 Å². The van der Waals surface area contributed by atoms with Crippen molar-refractivity contribution >= 4 is 32.7 Å². The number of aromatic nitrogens is 2. The van der Waals surface area contributed by atoms with Crippen LogP contribution in [0.5, 0.6) is 0 Å². The number of anilines is 1. The Hall–Kier alpha value is -3.42. The Morgan fingerprint density at radius 3 is 2.60 bits per heavy atom. The molecule has 0 unspecified atom stereocenters. The summed E-state index contributed by atoms with van der Waals surface area (Å²) < 4.78 is 34.7. The highest BCUT2D eigenvalue weighted by atomic mass is 32.2. The van der Waals surface area contributed by atoms with E-state index in [0.29, 0.717) is 49.3 Å². The summed E-state index contributed by atoms with van der Waals surface area (Å²) in [4.78, 5) is 18.7. The van der Waals surface area contributed by atoms with Gasteiger partial charge in [0.2, 0.25) is 10.0 Å². The number of aryl methyl sites for hydroxylation is 1. The Balaban J connectivity index is 1.87. The maximum Gasteiger partial charge on any atom is 0.307 e. The second kappa shape index (κ2) is 11.8. The number of hydrogen-bond acceptors (Lipinski definition) is 7. The summed E-state index contributed by atoms with van der Waals surface area (Å²) in [7, 11) is 0.325. The Morgan fingerprint density at radius 1 is 1.20 bits per heavy atom. The number of rotatable bonds is 12. The molecule has 0 atom stereocenters. The first-order chi connectivity index (χ1) is 16.7. The highest BCUT2D eigenvalue weighted by Gasteiger charge is 2.16. The standard InChI is InChI=1S/C25H31N5O4S/c1-4-34-25(31)12-14-30-23-11-10-21(28-35(32,33)15-5-13-29(2)3)17-22(23)27-24(30)16-19-6-8-20(18-26)9-7-19/h6-11,17,28H,4-5,12-16H2,1-3H3. The van der Waals surface area contributed by atoms with Crippen LogP contribution in [0.4, 0.5) is 5.69 Å². The number of nitrogens with zero attached hydrogens (tertiary/aromatic N) is 4. The number of ether oxygens (including phenoxy) is 1. The van der Waals surface area contributed by atoms with Crippen molar-refractivity contribution in [1.82, 2.24) is 14.5 Å². The van der Waals surface area contributed by atoms with Crippen LogP contribution in [0.2, 0.25) is 0 Å². The number of nitriles is 1. The average molecular weight is 498 g/mol. The predicted molar refractivity (Wildman–Crippen MR) is 136 cm³/mol.